The zero-order valence-electron chi connectivity index (χ0n) is 14.7. The van der Waals surface area contributed by atoms with E-state index in [-0.39, 0.29) is 10.4 Å². The summed E-state index contributed by atoms with van der Waals surface area (Å²) < 4.78 is 40.3. The number of carboxylic acid groups (broad SMARTS) is 1. The van der Waals surface area contributed by atoms with Gasteiger partial charge in [-0.1, -0.05) is 42.5 Å². The van der Waals surface area contributed by atoms with E-state index in [0.29, 0.717) is 28.2 Å². The molecule has 0 spiro atoms. The maximum atomic E-state index is 13.4. The second kappa shape index (κ2) is 8.32. The van der Waals surface area contributed by atoms with Gasteiger partial charge in [0, 0.05) is 17.3 Å². The van der Waals surface area contributed by atoms with Crippen molar-refractivity contribution in [1.29, 1.82) is 0 Å². The van der Waals surface area contributed by atoms with E-state index in [1.807, 2.05) is 0 Å². The molecule has 148 valence electrons. The summed E-state index contributed by atoms with van der Waals surface area (Å²) >= 11 is 0.390. The van der Waals surface area contributed by atoms with Gasteiger partial charge in [-0.3, -0.25) is 4.79 Å². The van der Waals surface area contributed by atoms with E-state index >= 15 is 0 Å². The van der Waals surface area contributed by atoms with Crippen LogP contribution in [0.5, 0.6) is 0 Å². The number of carboxylic acids is 1. The quantitative estimate of drug-likeness (QED) is 0.517. The minimum Gasteiger partial charge on any atom is -0.478 e. The Morgan fingerprint density at radius 1 is 1.00 bits per heavy atom. The maximum Gasteiger partial charge on any atom is 0.426 e. The molecule has 0 bridgehead atoms. The first-order chi connectivity index (χ1) is 13.7. The lowest BCUT2D eigenvalue weighted by Gasteiger charge is -2.07. The van der Waals surface area contributed by atoms with Gasteiger partial charge < -0.3 is 10.4 Å². The predicted octanol–water partition coefficient (Wildman–Crippen LogP) is 5.78. The van der Waals surface area contributed by atoms with Crippen molar-refractivity contribution in [2.45, 2.75) is 6.18 Å². The lowest BCUT2D eigenvalue weighted by molar-refractivity contribution is -0.134. The minimum absolute atomic E-state index is 0.0394. The van der Waals surface area contributed by atoms with Gasteiger partial charge in [-0.2, -0.15) is 13.2 Å². The van der Waals surface area contributed by atoms with Gasteiger partial charge in [0.2, 0.25) is 0 Å². The standard InChI is InChI=1S/C21H14F3NO3S/c22-21(23,24)19-16(14-4-2-1-3-5-14)12-17(29-19)20(28)25-15-9-6-13(7-10-15)8-11-18(26)27/h1-12H,(H,25,28)(H,26,27). The molecule has 1 aromatic heterocycles. The highest BCUT2D eigenvalue weighted by atomic mass is 32.1. The summed E-state index contributed by atoms with van der Waals surface area (Å²) in [6.07, 6.45) is -2.22. The highest BCUT2D eigenvalue weighted by Gasteiger charge is 2.37. The third-order valence-electron chi connectivity index (χ3n) is 3.89. The first-order valence-electron chi connectivity index (χ1n) is 8.33. The molecule has 3 aromatic rings. The van der Waals surface area contributed by atoms with Crippen LogP contribution in [0.15, 0.2) is 66.7 Å². The molecule has 0 atom stereocenters. The van der Waals surface area contributed by atoms with E-state index in [4.69, 9.17) is 5.11 Å². The smallest absolute Gasteiger partial charge is 0.426 e. The summed E-state index contributed by atoms with van der Waals surface area (Å²) in [6.45, 7) is 0. The Balaban J connectivity index is 1.84. The highest BCUT2D eigenvalue weighted by molar-refractivity contribution is 7.14. The fourth-order valence-corrected chi connectivity index (χ4v) is 3.53. The van der Waals surface area contributed by atoms with Crippen LogP contribution in [0, 0.1) is 0 Å². The molecule has 8 heteroatoms. The molecule has 1 amide bonds. The molecule has 3 rings (SSSR count). The number of thiophene rings is 1. The van der Waals surface area contributed by atoms with E-state index in [2.05, 4.69) is 5.32 Å². The van der Waals surface area contributed by atoms with Crippen molar-refractivity contribution in [1.82, 2.24) is 0 Å². The number of anilines is 1. The number of rotatable bonds is 5. The van der Waals surface area contributed by atoms with Gasteiger partial charge in [0.15, 0.2) is 0 Å². The molecule has 2 N–H and O–H groups in total. The molecule has 4 nitrogen and oxygen atoms in total. The summed E-state index contributed by atoms with van der Waals surface area (Å²) in [5.41, 5.74) is 1.32. The second-order valence-corrected chi connectivity index (χ2v) is 7.02. The van der Waals surface area contributed by atoms with E-state index in [9.17, 15) is 22.8 Å². The van der Waals surface area contributed by atoms with Crippen LogP contribution < -0.4 is 5.32 Å². The Morgan fingerprint density at radius 2 is 1.66 bits per heavy atom. The summed E-state index contributed by atoms with van der Waals surface area (Å²) in [5.74, 6) is -1.74. The van der Waals surface area contributed by atoms with Crippen molar-refractivity contribution < 1.29 is 27.9 Å². The maximum absolute atomic E-state index is 13.4. The van der Waals surface area contributed by atoms with Gasteiger partial charge in [0.05, 0.1) is 4.88 Å². The van der Waals surface area contributed by atoms with Gasteiger partial charge >= 0.3 is 12.1 Å². The Morgan fingerprint density at radius 3 is 2.24 bits per heavy atom. The van der Waals surface area contributed by atoms with Crippen LogP contribution in [0.1, 0.15) is 20.1 Å². The first kappa shape index (κ1) is 20.3. The highest BCUT2D eigenvalue weighted by Crippen LogP contribution is 2.42. The third kappa shape index (κ3) is 5.11. The SMILES string of the molecule is O=C(O)C=Cc1ccc(NC(=O)c2cc(-c3ccccc3)c(C(F)(F)F)s2)cc1. The number of aliphatic carboxylic acids is 1. The third-order valence-corrected chi connectivity index (χ3v) is 5.06. The van der Waals surface area contributed by atoms with Crippen molar-refractivity contribution >= 4 is 35.0 Å². The molecular formula is C21H14F3NO3S. The number of amides is 1. The fourth-order valence-electron chi connectivity index (χ4n) is 2.58. The molecule has 0 aliphatic rings. The molecular weight excluding hydrogens is 403 g/mol. The van der Waals surface area contributed by atoms with Crippen LogP contribution in [0.25, 0.3) is 17.2 Å². The number of nitrogens with one attached hydrogen (secondary N) is 1. The molecule has 1 heterocycles. The van der Waals surface area contributed by atoms with E-state index in [0.717, 1.165) is 6.08 Å². The van der Waals surface area contributed by atoms with Crippen LogP contribution in [0.2, 0.25) is 0 Å². The molecule has 0 aliphatic carbocycles. The Kier molecular flexibility index (Phi) is 5.84. The van der Waals surface area contributed by atoms with Crippen LogP contribution in [0.3, 0.4) is 0 Å². The average Bonchev–Trinajstić information content (AvgIpc) is 3.14. The van der Waals surface area contributed by atoms with Crippen molar-refractivity contribution in [2.24, 2.45) is 0 Å². The zero-order valence-corrected chi connectivity index (χ0v) is 15.6. The summed E-state index contributed by atoms with van der Waals surface area (Å²) in [4.78, 5) is 22.1. The molecule has 2 aromatic carbocycles. The zero-order chi connectivity index (χ0) is 21.0. The summed E-state index contributed by atoms with van der Waals surface area (Å²) in [5, 5.41) is 11.2. The average molecular weight is 417 g/mol. The van der Waals surface area contributed by atoms with Crippen LogP contribution >= 0.6 is 11.3 Å². The molecule has 0 aliphatic heterocycles. The number of carbonyl (C=O) groups is 2. The Bertz CT molecular complexity index is 1060. The van der Waals surface area contributed by atoms with Crippen molar-refractivity contribution in [3.8, 4) is 11.1 Å². The van der Waals surface area contributed by atoms with E-state index in [1.165, 1.54) is 24.3 Å². The van der Waals surface area contributed by atoms with Crippen LogP contribution in [-0.2, 0) is 11.0 Å². The van der Waals surface area contributed by atoms with E-state index in [1.54, 1.807) is 42.5 Å². The topological polar surface area (TPSA) is 66.4 Å². The molecule has 0 unspecified atom stereocenters. The largest absolute Gasteiger partial charge is 0.478 e. The van der Waals surface area contributed by atoms with E-state index < -0.39 is 22.9 Å². The van der Waals surface area contributed by atoms with Crippen molar-refractivity contribution in [3.05, 3.63) is 82.1 Å². The number of benzene rings is 2. The molecule has 29 heavy (non-hydrogen) atoms. The van der Waals surface area contributed by atoms with Gasteiger partial charge in [-0.05, 0) is 35.4 Å². The van der Waals surface area contributed by atoms with Gasteiger partial charge in [0.25, 0.3) is 5.91 Å². The lowest BCUT2D eigenvalue weighted by Crippen LogP contribution is -2.10. The molecule has 0 fully saturated rings. The first-order valence-corrected chi connectivity index (χ1v) is 9.14. The number of alkyl halides is 3. The van der Waals surface area contributed by atoms with Crippen molar-refractivity contribution in [3.63, 3.8) is 0 Å². The molecule has 0 radical (unpaired) electrons. The number of hydrogen-bond acceptors (Lipinski definition) is 3. The number of carbonyl (C=O) groups excluding carboxylic acids is 1. The second-order valence-electron chi connectivity index (χ2n) is 5.96. The predicted molar refractivity (Wildman–Crippen MR) is 106 cm³/mol. The van der Waals surface area contributed by atoms with Gasteiger partial charge in [0.1, 0.15) is 4.88 Å². The van der Waals surface area contributed by atoms with Gasteiger partial charge in [-0.25, -0.2) is 4.79 Å². The summed E-state index contributed by atoms with van der Waals surface area (Å²) in [7, 11) is 0. The fraction of sp³-hybridized carbons (Fsp3) is 0.0476. The van der Waals surface area contributed by atoms with Crippen LogP contribution in [-0.4, -0.2) is 17.0 Å². The molecule has 0 saturated carbocycles. The van der Waals surface area contributed by atoms with Gasteiger partial charge in [-0.15, -0.1) is 11.3 Å². The monoisotopic (exact) mass is 417 g/mol. The Hall–Kier alpha value is -3.39. The molecule has 0 saturated heterocycles. The minimum atomic E-state index is -4.58. The number of halogens is 3. The normalized spacial score (nSPS) is 11.6. The Labute approximate surface area is 167 Å². The summed E-state index contributed by atoms with van der Waals surface area (Å²) in [6, 6.07) is 15.6. The number of hydrogen-bond donors (Lipinski definition) is 2. The lowest BCUT2D eigenvalue weighted by atomic mass is 10.1. The van der Waals surface area contributed by atoms with Crippen LogP contribution in [0.4, 0.5) is 18.9 Å². The van der Waals surface area contributed by atoms with Crippen molar-refractivity contribution in [2.75, 3.05) is 5.32 Å².